The first-order chi connectivity index (χ1) is 14.1. The van der Waals surface area contributed by atoms with Crippen LogP contribution in [0.2, 0.25) is 5.02 Å². The minimum atomic E-state index is -0.448. The molecule has 2 N–H and O–H groups in total. The Hall–Kier alpha value is -3.07. The molecule has 1 amide bonds. The van der Waals surface area contributed by atoms with E-state index in [1.807, 2.05) is 20.8 Å². The molecule has 1 aromatic carbocycles. The first-order valence-electron chi connectivity index (χ1n) is 9.34. The molecule has 0 atom stereocenters. The van der Waals surface area contributed by atoms with Crippen LogP contribution in [-0.4, -0.2) is 45.9 Å². The number of benzene rings is 1. The number of methoxy groups -OCH3 is 2. The number of rotatable bonds is 6. The van der Waals surface area contributed by atoms with Crippen LogP contribution < -0.4 is 10.1 Å². The molecule has 0 saturated carbocycles. The van der Waals surface area contributed by atoms with Gasteiger partial charge < -0.3 is 19.8 Å². The minimum Gasteiger partial charge on any atom is -0.495 e. The van der Waals surface area contributed by atoms with E-state index < -0.39 is 5.97 Å². The van der Waals surface area contributed by atoms with Crippen LogP contribution in [0.15, 0.2) is 18.2 Å². The molecular formula is C20H24ClN5O4. The molecule has 0 unspecified atom stereocenters. The molecule has 10 heteroatoms. The van der Waals surface area contributed by atoms with E-state index in [0.29, 0.717) is 33.5 Å². The van der Waals surface area contributed by atoms with E-state index in [0.717, 1.165) is 5.69 Å². The molecule has 0 saturated heterocycles. The summed E-state index contributed by atoms with van der Waals surface area (Å²) in [5.74, 6) is 0.237. The highest BCUT2D eigenvalue weighted by atomic mass is 35.5. The number of aromatic amines is 1. The molecule has 3 rings (SSSR count). The Kier molecular flexibility index (Phi) is 6.02. The topological polar surface area (TPSA) is 111 Å². The Balaban J connectivity index is 1.89. The van der Waals surface area contributed by atoms with Crippen molar-refractivity contribution >= 4 is 34.8 Å². The summed E-state index contributed by atoms with van der Waals surface area (Å²) in [6, 6.07) is 5.25. The summed E-state index contributed by atoms with van der Waals surface area (Å²) in [5.41, 5.74) is 2.30. The predicted octanol–water partition coefficient (Wildman–Crippen LogP) is 3.58. The fourth-order valence-electron chi connectivity index (χ4n) is 2.89. The van der Waals surface area contributed by atoms with Gasteiger partial charge in [-0.1, -0.05) is 32.4 Å². The summed E-state index contributed by atoms with van der Waals surface area (Å²) in [4.78, 5) is 26.6. The van der Waals surface area contributed by atoms with Gasteiger partial charge in [0.25, 0.3) is 0 Å². The maximum absolute atomic E-state index is 12.2. The first kappa shape index (κ1) is 21.6. The fraction of sp³-hybridized carbons (Fsp3) is 0.400. The van der Waals surface area contributed by atoms with Crippen LogP contribution in [-0.2, 0) is 19.7 Å². The Morgan fingerprint density at radius 3 is 2.53 bits per heavy atom. The van der Waals surface area contributed by atoms with Crippen molar-refractivity contribution in [2.24, 2.45) is 0 Å². The predicted molar refractivity (Wildman–Crippen MR) is 113 cm³/mol. The molecule has 0 spiro atoms. The number of nitrogens with zero attached hydrogens (tertiary/aromatic N) is 3. The first-order valence-corrected chi connectivity index (χ1v) is 9.72. The molecule has 0 aliphatic heterocycles. The van der Waals surface area contributed by atoms with Crippen molar-refractivity contribution in [3.63, 3.8) is 0 Å². The molecule has 30 heavy (non-hydrogen) atoms. The summed E-state index contributed by atoms with van der Waals surface area (Å²) in [6.07, 6.45) is -0.00580. The second-order valence-corrected chi connectivity index (χ2v) is 8.14. The highest BCUT2D eigenvalue weighted by Crippen LogP contribution is 2.33. The monoisotopic (exact) mass is 433 g/mol. The highest BCUT2D eigenvalue weighted by Gasteiger charge is 2.25. The van der Waals surface area contributed by atoms with Gasteiger partial charge in [0.1, 0.15) is 10.8 Å². The lowest BCUT2D eigenvalue weighted by atomic mass is 9.92. The standard InChI is InChI=1S/C20H24ClN5O4/c1-20(2,3)17-16(21)19-23-18(25-26(19)24-17)11-6-7-13(29-4)12(10-11)22-14(27)8-9-15(28)30-5/h6-7,10H,8-9H2,1-5H3,(H,22,27)(H,23,25). The largest absolute Gasteiger partial charge is 0.495 e. The van der Waals surface area contributed by atoms with Crippen molar-refractivity contribution < 1.29 is 19.1 Å². The molecule has 0 radical (unpaired) electrons. The summed E-state index contributed by atoms with van der Waals surface area (Å²) in [7, 11) is 2.79. The number of H-pyrrole nitrogens is 1. The number of fused-ring (bicyclic) bond motifs is 1. The maximum atomic E-state index is 12.2. The van der Waals surface area contributed by atoms with Crippen LogP contribution in [0, 0.1) is 0 Å². The van der Waals surface area contributed by atoms with Gasteiger partial charge in [-0.05, 0) is 18.2 Å². The number of halogens is 1. The lowest BCUT2D eigenvalue weighted by Crippen LogP contribution is -2.14. The number of hydrogen-bond acceptors (Lipinski definition) is 6. The third-order valence-electron chi connectivity index (χ3n) is 4.48. The second-order valence-electron chi connectivity index (χ2n) is 7.76. The third-order valence-corrected chi connectivity index (χ3v) is 4.84. The van der Waals surface area contributed by atoms with Gasteiger partial charge in [0, 0.05) is 17.4 Å². The maximum Gasteiger partial charge on any atom is 0.306 e. The number of ether oxygens (including phenoxy) is 2. The van der Waals surface area contributed by atoms with Crippen molar-refractivity contribution in [1.29, 1.82) is 0 Å². The van der Waals surface area contributed by atoms with Crippen LogP contribution in [0.1, 0.15) is 39.3 Å². The molecule has 0 aliphatic rings. The summed E-state index contributed by atoms with van der Waals surface area (Å²) < 4.78 is 11.4. The van der Waals surface area contributed by atoms with Gasteiger partial charge in [0.15, 0.2) is 11.5 Å². The van der Waals surface area contributed by atoms with Crippen LogP contribution in [0.3, 0.4) is 0 Å². The lowest BCUT2D eigenvalue weighted by Gasteiger charge is -2.14. The van der Waals surface area contributed by atoms with Crippen LogP contribution in [0.4, 0.5) is 5.69 Å². The van der Waals surface area contributed by atoms with Crippen LogP contribution in [0.5, 0.6) is 5.75 Å². The van der Waals surface area contributed by atoms with E-state index in [2.05, 4.69) is 25.2 Å². The molecule has 0 bridgehead atoms. The zero-order valence-electron chi connectivity index (χ0n) is 17.5. The number of aromatic nitrogens is 4. The van der Waals surface area contributed by atoms with Gasteiger partial charge in [-0.25, -0.2) is 0 Å². The number of anilines is 1. The fourth-order valence-corrected chi connectivity index (χ4v) is 3.33. The quantitative estimate of drug-likeness (QED) is 0.575. The van der Waals surface area contributed by atoms with Gasteiger partial charge in [0.2, 0.25) is 5.91 Å². The van der Waals surface area contributed by atoms with Crippen LogP contribution >= 0.6 is 11.6 Å². The molecule has 0 aliphatic carbocycles. The normalized spacial score (nSPS) is 11.5. The average molecular weight is 434 g/mol. The SMILES string of the molecule is COC(=O)CCC(=O)Nc1cc(-c2nn3nc(C(C)(C)C)c(Cl)c3[nH]2)ccc1OC. The summed E-state index contributed by atoms with van der Waals surface area (Å²) >= 11 is 6.49. The summed E-state index contributed by atoms with van der Waals surface area (Å²) in [5, 5.41) is 12.2. The summed E-state index contributed by atoms with van der Waals surface area (Å²) in [6.45, 7) is 6.08. The number of carbonyl (C=O) groups is 2. The van der Waals surface area contributed by atoms with Crippen molar-refractivity contribution in [1.82, 2.24) is 19.8 Å². The van der Waals surface area contributed by atoms with E-state index in [9.17, 15) is 9.59 Å². The number of hydrogen-bond donors (Lipinski definition) is 2. The Bertz CT molecular complexity index is 1100. The Morgan fingerprint density at radius 1 is 1.20 bits per heavy atom. The smallest absolute Gasteiger partial charge is 0.306 e. The average Bonchev–Trinajstić information content (AvgIpc) is 3.25. The molecule has 9 nitrogen and oxygen atoms in total. The zero-order chi connectivity index (χ0) is 22.1. The van der Waals surface area contributed by atoms with Crippen molar-refractivity contribution in [2.75, 3.05) is 19.5 Å². The van der Waals surface area contributed by atoms with E-state index in [4.69, 9.17) is 16.3 Å². The van der Waals surface area contributed by atoms with Gasteiger partial charge in [-0.2, -0.15) is 5.10 Å². The van der Waals surface area contributed by atoms with Crippen molar-refractivity contribution in [2.45, 2.75) is 39.0 Å². The molecule has 0 fully saturated rings. The molecule has 160 valence electrons. The third kappa shape index (κ3) is 4.40. The van der Waals surface area contributed by atoms with E-state index in [1.54, 1.807) is 18.2 Å². The number of amides is 1. The van der Waals surface area contributed by atoms with E-state index >= 15 is 0 Å². The molecular weight excluding hydrogens is 410 g/mol. The van der Waals surface area contributed by atoms with Crippen molar-refractivity contribution in [3.05, 3.63) is 28.9 Å². The molecule has 2 heterocycles. The number of carbonyl (C=O) groups excluding carboxylic acids is 2. The van der Waals surface area contributed by atoms with Gasteiger partial charge in [-0.15, -0.1) is 9.73 Å². The molecule has 3 aromatic rings. The van der Waals surface area contributed by atoms with Gasteiger partial charge in [-0.3, -0.25) is 9.59 Å². The lowest BCUT2D eigenvalue weighted by molar-refractivity contribution is -0.141. The van der Waals surface area contributed by atoms with Crippen LogP contribution in [0.25, 0.3) is 17.0 Å². The van der Waals surface area contributed by atoms with Gasteiger partial charge in [0.05, 0.1) is 32.0 Å². The number of nitrogens with one attached hydrogen (secondary N) is 2. The van der Waals surface area contributed by atoms with E-state index in [1.165, 1.54) is 18.8 Å². The zero-order valence-corrected chi connectivity index (χ0v) is 18.3. The number of esters is 1. The second kappa shape index (κ2) is 8.35. The van der Waals surface area contributed by atoms with Crippen molar-refractivity contribution in [3.8, 4) is 17.1 Å². The molecule has 2 aromatic heterocycles. The Morgan fingerprint density at radius 2 is 1.93 bits per heavy atom. The minimum absolute atomic E-state index is 0.000180. The highest BCUT2D eigenvalue weighted by molar-refractivity contribution is 6.34. The van der Waals surface area contributed by atoms with Gasteiger partial charge >= 0.3 is 5.97 Å². The Labute approximate surface area is 178 Å². The van der Waals surface area contributed by atoms with E-state index in [-0.39, 0.29) is 24.2 Å².